The second-order valence-electron chi connectivity index (χ2n) is 8.91. The van der Waals surface area contributed by atoms with Gasteiger partial charge in [0.1, 0.15) is 0 Å². The molecule has 0 amide bonds. The molecule has 0 spiro atoms. The Morgan fingerprint density at radius 2 is 1.34 bits per heavy atom. The number of nitrogens with zero attached hydrogens (tertiary/aromatic N) is 1. The van der Waals surface area contributed by atoms with Crippen LogP contribution in [0.4, 0.5) is 0 Å². The van der Waals surface area contributed by atoms with Gasteiger partial charge in [-0.15, -0.1) is 0 Å². The lowest BCUT2D eigenvalue weighted by Gasteiger charge is -2.33. The fourth-order valence-corrected chi connectivity index (χ4v) is 7.10. The Morgan fingerprint density at radius 3 is 1.90 bits per heavy atom. The molecular formula is C25H43NS3. The number of aryl methyl sites for hydroxylation is 1. The Morgan fingerprint density at radius 1 is 0.793 bits per heavy atom. The van der Waals surface area contributed by atoms with Crippen molar-refractivity contribution in [3.05, 3.63) is 35.4 Å². The molecule has 0 aromatic heterocycles. The van der Waals surface area contributed by atoms with Gasteiger partial charge in [-0.05, 0) is 67.0 Å². The van der Waals surface area contributed by atoms with E-state index in [0.29, 0.717) is 5.92 Å². The van der Waals surface area contributed by atoms with Crippen LogP contribution in [0, 0.1) is 11.8 Å². The SMILES string of the molecule is CC(C)c1ccc(CCSCCSCCSCCN2CCC(C(C)C)CC2)cc1. The van der Waals surface area contributed by atoms with Gasteiger partial charge in [0.2, 0.25) is 0 Å². The third-order valence-electron chi connectivity index (χ3n) is 6.05. The molecule has 1 fully saturated rings. The summed E-state index contributed by atoms with van der Waals surface area (Å²) in [7, 11) is 0. The summed E-state index contributed by atoms with van der Waals surface area (Å²) < 4.78 is 0. The Labute approximate surface area is 193 Å². The zero-order valence-corrected chi connectivity index (χ0v) is 21.6. The lowest BCUT2D eigenvalue weighted by Crippen LogP contribution is -2.36. The van der Waals surface area contributed by atoms with Gasteiger partial charge in [-0.1, -0.05) is 52.0 Å². The van der Waals surface area contributed by atoms with Gasteiger partial charge in [0.05, 0.1) is 0 Å². The maximum Gasteiger partial charge on any atom is 0.00723 e. The normalized spacial score (nSPS) is 16.2. The highest BCUT2D eigenvalue weighted by Gasteiger charge is 2.20. The highest BCUT2D eigenvalue weighted by molar-refractivity contribution is 8.04. The molecule has 0 bridgehead atoms. The zero-order chi connectivity index (χ0) is 20.9. The number of benzene rings is 1. The fraction of sp³-hybridized carbons (Fsp3) is 0.760. The average Bonchev–Trinajstić information content (AvgIpc) is 2.72. The highest BCUT2D eigenvalue weighted by Crippen LogP contribution is 2.24. The number of thioether (sulfide) groups is 3. The molecule has 0 atom stereocenters. The van der Waals surface area contributed by atoms with Crippen LogP contribution in [0.5, 0.6) is 0 Å². The molecule has 1 saturated heterocycles. The monoisotopic (exact) mass is 453 g/mol. The first-order valence-electron chi connectivity index (χ1n) is 11.6. The Hall–Kier alpha value is 0.230. The summed E-state index contributed by atoms with van der Waals surface area (Å²) in [4.78, 5) is 2.69. The van der Waals surface area contributed by atoms with Crippen LogP contribution in [0.2, 0.25) is 0 Å². The van der Waals surface area contributed by atoms with Gasteiger partial charge in [0, 0.05) is 35.3 Å². The van der Waals surface area contributed by atoms with Gasteiger partial charge in [0.25, 0.3) is 0 Å². The van der Waals surface area contributed by atoms with Crippen LogP contribution in [0.1, 0.15) is 57.6 Å². The van der Waals surface area contributed by atoms with Crippen molar-refractivity contribution in [3.8, 4) is 0 Å². The van der Waals surface area contributed by atoms with E-state index in [0.717, 1.165) is 11.8 Å². The Balaban J connectivity index is 1.36. The number of hydrogen-bond acceptors (Lipinski definition) is 4. The minimum atomic E-state index is 0.635. The van der Waals surface area contributed by atoms with Gasteiger partial charge >= 0.3 is 0 Å². The molecule has 0 saturated carbocycles. The summed E-state index contributed by atoms with van der Waals surface area (Å²) in [5.41, 5.74) is 2.94. The van der Waals surface area contributed by atoms with E-state index in [9.17, 15) is 0 Å². The minimum absolute atomic E-state index is 0.635. The zero-order valence-electron chi connectivity index (χ0n) is 19.2. The van der Waals surface area contributed by atoms with Crippen molar-refractivity contribution in [2.75, 3.05) is 54.2 Å². The van der Waals surface area contributed by atoms with E-state index < -0.39 is 0 Å². The van der Waals surface area contributed by atoms with E-state index in [-0.39, 0.29) is 0 Å². The molecule has 4 heteroatoms. The van der Waals surface area contributed by atoms with Crippen LogP contribution in [-0.4, -0.2) is 59.1 Å². The van der Waals surface area contributed by atoms with Crippen LogP contribution in [0.3, 0.4) is 0 Å². The molecule has 1 aromatic rings. The Bertz CT molecular complexity index is 521. The molecule has 1 aromatic carbocycles. The van der Waals surface area contributed by atoms with Gasteiger partial charge in [0.15, 0.2) is 0 Å². The molecule has 2 rings (SSSR count). The minimum Gasteiger partial charge on any atom is -0.302 e. The molecular weight excluding hydrogens is 410 g/mol. The molecule has 1 nitrogen and oxygen atoms in total. The maximum atomic E-state index is 2.69. The number of rotatable bonds is 14. The number of piperidine rings is 1. The summed E-state index contributed by atoms with van der Waals surface area (Å²) in [6, 6.07) is 9.22. The quantitative estimate of drug-likeness (QED) is 0.281. The van der Waals surface area contributed by atoms with E-state index >= 15 is 0 Å². The molecule has 0 unspecified atom stereocenters. The van der Waals surface area contributed by atoms with Crippen molar-refractivity contribution in [2.24, 2.45) is 11.8 Å². The van der Waals surface area contributed by atoms with Crippen molar-refractivity contribution in [1.29, 1.82) is 0 Å². The van der Waals surface area contributed by atoms with Gasteiger partial charge < -0.3 is 4.90 Å². The molecule has 1 aliphatic heterocycles. The summed E-state index contributed by atoms with van der Waals surface area (Å²) in [5.74, 6) is 10.3. The van der Waals surface area contributed by atoms with E-state index in [1.807, 2.05) is 0 Å². The lowest BCUT2D eigenvalue weighted by atomic mass is 9.87. The fourth-order valence-electron chi connectivity index (χ4n) is 3.84. The van der Waals surface area contributed by atoms with E-state index in [1.165, 1.54) is 84.5 Å². The molecule has 0 N–H and O–H groups in total. The summed E-state index contributed by atoms with van der Waals surface area (Å²) in [5, 5.41) is 0. The van der Waals surface area contributed by atoms with E-state index in [4.69, 9.17) is 0 Å². The third kappa shape index (κ3) is 10.9. The molecule has 0 aliphatic carbocycles. The first-order chi connectivity index (χ1) is 14.1. The van der Waals surface area contributed by atoms with Crippen molar-refractivity contribution >= 4 is 35.3 Å². The molecule has 1 aliphatic rings. The van der Waals surface area contributed by atoms with Crippen LogP contribution in [0.25, 0.3) is 0 Å². The largest absolute Gasteiger partial charge is 0.302 e. The molecule has 0 radical (unpaired) electrons. The maximum absolute atomic E-state index is 2.69. The highest BCUT2D eigenvalue weighted by atomic mass is 32.2. The van der Waals surface area contributed by atoms with Crippen molar-refractivity contribution in [2.45, 2.75) is 52.9 Å². The molecule has 29 heavy (non-hydrogen) atoms. The van der Waals surface area contributed by atoms with E-state index in [2.05, 4.69) is 92.1 Å². The predicted molar refractivity (Wildman–Crippen MR) is 140 cm³/mol. The average molecular weight is 454 g/mol. The topological polar surface area (TPSA) is 3.24 Å². The first kappa shape index (κ1) is 25.5. The number of hydrogen-bond donors (Lipinski definition) is 0. The number of likely N-dealkylation sites (tertiary alicyclic amines) is 1. The smallest absolute Gasteiger partial charge is 0.00723 e. The Kier molecular flexibility index (Phi) is 13.3. The van der Waals surface area contributed by atoms with Crippen molar-refractivity contribution in [3.63, 3.8) is 0 Å². The van der Waals surface area contributed by atoms with Crippen LogP contribution in [0.15, 0.2) is 24.3 Å². The summed E-state index contributed by atoms with van der Waals surface area (Å²) >= 11 is 6.41. The first-order valence-corrected chi connectivity index (χ1v) is 15.1. The predicted octanol–water partition coefficient (Wildman–Crippen LogP) is 6.92. The summed E-state index contributed by atoms with van der Waals surface area (Å²) in [6.07, 6.45) is 4.04. The summed E-state index contributed by atoms with van der Waals surface area (Å²) in [6.45, 7) is 13.3. The second kappa shape index (κ2) is 15.1. The third-order valence-corrected chi connectivity index (χ3v) is 9.50. The second-order valence-corrected chi connectivity index (χ2v) is 12.6. The lowest BCUT2D eigenvalue weighted by molar-refractivity contribution is 0.165. The standard InChI is InChI=1S/C25H43NS3/c1-21(2)24-7-5-23(6-8-24)11-15-27-17-19-29-20-18-28-16-14-26-12-9-25(10-13-26)22(3)4/h5-8,21-22,25H,9-20H2,1-4H3. The van der Waals surface area contributed by atoms with Crippen molar-refractivity contribution < 1.29 is 0 Å². The van der Waals surface area contributed by atoms with Gasteiger partial charge in [-0.2, -0.15) is 35.3 Å². The molecule has 1 heterocycles. The van der Waals surface area contributed by atoms with Gasteiger partial charge in [-0.25, -0.2) is 0 Å². The van der Waals surface area contributed by atoms with E-state index in [1.54, 1.807) is 0 Å². The molecule has 166 valence electrons. The van der Waals surface area contributed by atoms with Gasteiger partial charge in [-0.3, -0.25) is 0 Å². The van der Waals surface area contributed by atoms with Crippen LogP contribution < -0.4 is 0 Å². The van der Waals surface area contributed by atoms with Crippen LogP contribution >= 0.6 is 35.3 Å². The van der Waals surface area contributed by atoms with Crippen molar-refractivity contribution in [1.82, 2.24) is 4.90 Å². The van der Waals surface area contributed by atoms with Crippen LogP contribution in [-0.2, 0) is 6.42 Å².